The number of hydrogen-bond donors (Lipinski definition) is 1. The highest BCUT2D eigenvalue weighted by molar-refractivity contribution is 5.80. The minimum atomic E-state index is -0.280. The number of benzene rings is 1. The van der Waals surface area contributed by atoms with Crippen LogP contribution in [0.4, 0.5) is 10.3 Å². The minimum Gasteiger partial charge on any atom is -0.369 e. The van der Waals surface area contributed by atoms with Gasteiger partial charge < -0.3 is 5.73 Å². The van der Waals surface area contributed by atoms with E-state index in [0.29, 0.717) is 5.95 Å². The number of halogens is 1. The largest absolute Gasteiger partial charge is 0.369 e. The monoisotopic (exact) mass is 259 g/mol. The van der Waals surface area contributed by atoms with Crippen LogP contribution >= 0.6 is 0 Å². The number of aromatic nitrogens is 4. The summed E-state index contributed by atoms with van der Waals surface area (Å²) in [5.41, 5.74) is 9.27. The number of fused-ring (bicyclic) bond motifs is 1. The van der Waals surface area contributed by atoms with Gasteiger partial charge in [-0.1, -0.05) is 6.92 Å². The number of hydrogen-bond acceptors (Lipinski definition) is 3. The Morgan fingerprint density at radius 3 is 2.58 bits per heavy atom. The molecule has 19 heavy (non-hydrogen) atoms. The van der Waals surface area contributed by atoms with Gasteiger partial charge >= 0.3 is 0 Å². The molecule has 0 radical (unpaired) electrons. The molecule has 6 heteroatoms. The summed E-state index contributed by atoms with van der Waals surface area (Å²) in [6.45, 7) is 2.02. The number of rotatable bonds is 2. The molecule has 98 valence electrons. The Labute approximate surface area is 109 Å². The first-order valence-corrected chi connectivity index (χ1v) is 6.07. The summed E-state index contributed by atoms with van der Waals surface area (Å²) in [7, 11) is 1.85. The molecule has 0 amide bonds. The maximum atomic E-state index is 13.0. The maximum absolute atomic E-state index is 13.0. The van der Waals surface area contributed by atoms with Gasteiger partial charge in [0.2, 0.25) is 5.95 Å². The van der Waals surface area contributed by atoms with Crippen LogP contribution in [-0.2, 0) is 13.5 Å². The van der Waals surface area contributed by atoms with Gasteiger partial charge in [-0.05, 0) is 30.7 Å². The molecule has 0 spiro atoms. The molecule has 0 atom stereocenters. The SMILES string of the molecule is CCc1nn(C)c2c1nc(N)n2-c1ccc(F)cc1. The molecule has 0 aliphatic carbocycles. The van der Waals surface area contributed by atoms with E-state index in [9.17, 15) is 4.39 Å². The average molecular weight is 259 g/mol. The Morgan fingerprint density at radius 1 is 1.26 bits per heavy atom. The van der Waals surface area contributed by atoms with E-state index in [1.807, 2.05) is 14.0 Å². The molecule has 2 aromatic heterocycles. The molecule has 0 aliphatic heterocycles. The van der Waals surface area contributed by atoms with Crippen molar-refractivity contribution >= 4 is 17.1 Å². The average Bonchev–Trinajstić information content (AvgIpc) is 2.88. The summed E-state index contributed by atoms with van der Waals surface area (Å²) in [5, 5.41) is 4.42. The number of nitrogens with two attached hydrogens (primary N) is 1. The zero-order valence-corrected chi connectivity index (χ0v) is 10.8. The van der Waals surface area contributed by atoms with Crippen molar-refractivity contribution in [3.63, 3.8) is 0 Å². The minimum absolute atomic E-state index is 0.280. The van der Waals surface area contributed by atoms with Crippen molar-refractivity contribution < 1.29 is 4.39 Å². The lowest BCUT2D eigenvalue weighted by molar-refractivity contribution is 0.627. The fraction of sp³-hybridized carbons (Fsp3) is 0.231. The lowest BCUT2D eigenvalue weighted by Gasteiger charge is -2.06. The highest BCUT2D eigenvalue weighted by Gasteiger charge is 2.17. The second-order valence-electron chi connectivity index (χ2n) is 4.38. The van der Waals surface area contributed by atoms with Gasteiger partial charge in [0.25, 0.3) is 0 Å². The molecule has 1 aromatic carbocycles. The summed E-state index contributed by atoms with van der Waals surface area (Å²) < 4.78 is 16.5. The number of nitrogen functional groups attached to an aromatic ring is 1. The van der Waals surface area contributed by atoms with Crippen molar-refractivity contribution in [1.29, 1.82) is 0 Å². The quantitative estimate of drug-likeness (QED) is 0.766. The Hall–Kier alpha value is -2.37. The molecule has 0 bridgehead atoms. The predicted molar refractivity (Wildman–Crippen MR) is 71.6 cm³/mol. The Bertz CT molecular complexity index is 739. The summed E-state index contributed by atoms with van der Waals surface area (Å²) in [5.74, 6) is 0.0993. The smallest absolute Gasteiger partial charge is 0.207 e. The fourth-order valence-corrected chi connectivity index (χ4v) is 2.28. The van der Waals surface area contributed by atoms with Crippen molar-refractivity contribution in [2.24, 2.45) is 7.05 Å². The van der Waals surface area contributed by atoms with Crippen molar-refractivity contribution in [2.45, 2.75) is 13.3 Å². The highest BCUT2D eigenvalue weighted by atomic mass is 19.1. The van der Waals surface area contributed by atoms with E-state index in [0.717, 1.165) is 29.0 Å². The van der Waals surface area contributed by atoms with Gasteiger partial charge in [0.05, 0.1) is 11.4 Å². The van der Waals surface area contributed by atoms with Crippen LogP contribution in [0.5, 0.6) is 0 Å². The summed E-state index contributed by atoms with van der Waals surface area (Å²) in [6, 6.07) is 6.15. The van der Waals surface area contributed by atoms with Crippen LogP contribution in [0.15, 0.2) is 24.3 Å². The van der Waals surface area contributed by atoms with Crippen LogP contribution in [0.2, 0.25) is 0 Å². The molecular weight excluding hydrogens is 245 g/mol. The van der Waals surface area contributed by atoms with Crippen LogP contribution in [0, 0.1) is 5.82 Å². The molecule has 2 N–H and O–H groups in total. The lowest BCUT2D eigenvalue weighted by Crippen LogP contribution is -2.05. The molecule has 3 rings (SSSR count). The van der Waals surface area contributed by atoms with Gasteiger partial charge in [-0.2, -0.15) is 5.10 Å². The molecular formula is C13H14FN5. The number of anilines is 1. The maximum Gasteiger partial charge on any atom is 0.207 e. The second-order valence-corrected chi connectivity index (χ2v) is 4.38. The van der Waals surface area contributed by atoms with Gasteiger partial charge in [-0.3, -0.25) is 4.57 Å². The third kappa shape index (κ3) is 1.68. The molecule has 0 unspecified atom stereocenters. The lowest BCUT2D eigenvalue weighted by atomic mass is 10.3. The molecule has 3 aromatic rings. The zero-order chi connectivity index (χ0) is 13.6. The highest BCUT2D eigenvalue weighted by Crippen LogP contribution is 2.25. The number of nitrogens with zero attached hydrogens (tertiary/aromatic N) is 4. The first kappa shape index (κ1) is 11.7. The molecule has 0 saturated heterocycles. The predicted octanol–water partition coefficient (Wildman–Crippen LogP) is 2.04. The van der Waals surface area contributed by atoms with Gasteiger partial charge in [0.15, 0.2) is 5.65 Å². The van der Waals surface area contributed by atoms with Gasteiger partial charge in [0.1, 0.15) is 11.3 Å². The van der Waals surface area contributed by atoms with Crippen LogP contribution in [-0.4, -0.2) is 19.3 Å². The van der Waals surface area contributed by atoms with Crippen LogP contribution in [0.25, 0.3) is 16.9 Å². The van der Waals surface area contributed by atoms with E-state index >= 15 is 0 Å². The van der Waals surface area contributed by atoms with E-state index in [2.05, 4.69) is 10.1 Å². The third-order valence-electron chi connectivity index (χ3n) is 3.15. The van der Waals surface area contributed by atoms with Crippen molar-refractivity contribution in [1.82, 2.24) is 19.3 Å². The molecule has 2 heterocycles. The molecule has 0 saturated carbocycles. The summed E-state index contributed by atoms with van der Waals surface area (Å²) >= 11 is 0. The Kier molecular flexibility index (Phi) is 2.51. The van der Waals surface area contributed by atoms with E-state index in [1.54, 1.807) is 21.4 Å². The van der Waals surface area contributed by atoms with Crippen LogP contribution < -0.4 is 5.73 Å². The van der Waals surface area contributed by atoms with Crippen molar-refractivity contribution in [2.75, 3.05) is 5.73 Å². The van der Waals surface area contributed by atoms with Gasteiger partial charge in [0, 0.05) is 7.05 Å². The van der Waals surface area contributed by atoms with E-state index in [4.69, 9.17) is 5.73 Å². The van der Waals surface area contributed by atoms with Crippen molar-refractivity contribution in [3.05, 3.63) is 35.8 Å². The van der Waals surface area contributed by atoms with Gasteiger partial charge in [-0.25, -0.2) is 14.1 Å². The first-order chi connectivity index (χ1) is 9.11. The topological polar surface area (TPSA) is 61.7 Å². The number of aryl methyl sites for hydroxylation is 2. The van der Waals surface area contributed by atoms with E-state index in [1.165, 1.54) is 12.1 Å². The summed E-state index contributed by atoms with van der Waals surface area (Å²) in [6.07, 6.45) is 0.789. The van der Waals surface area contributed by atoms with Gasteiger partial charge in [-0.15, -0.1) is 0 Å². The molecule has 5 nitrogen and oxygen atoms in total. The van der Waals surface area contributed by atoms with E-state index in [-0.39, 0.29) is 5.82 Å². The Morgan fingerprint density at radius 2 is 1.95 bits per heavy atom. The third-order valence-corrected chi connectivity index (χ3v) is 3.15. The fourth-order valence-electron chi connectivity index (χ4n) is 2.28. The summed E-state index contributed by atoms with van der Waals surface area (Å²) in [4.78, 5) is 4.37. The standard InChI is InChI=1S/C13H14FN5/c1-3-10-11-12(18(2)17-10)19(13(15)16-11)9-6-4-8(14)5-7-9/h4-7H,3H2,1-2H3,(H2,15,16). The zero-order valence-electron chi connectivity index (χ0n) is 10.8. The molecule has 0 aliphatic rings. The normalized spacial score (nSPS) is 11.3. The van der Waals surface area contributed by atoms with Crippen molar-refractivity contribution in [3.8, 4) is 5.69 Å². The molecule has 0 fully saturated rings. The van der Waals surface area contributed by atoms with Crippen LogP contribution in [0.3, 0.4) is 0 Å². The second kappa shape index (κ2) is 4.08. The van der Waals surface area contributed by atoms with E-state index < -0.39 is 0 Å². The van der Waals surface area contributed by atoms with Crippen LogP contribution in [0.1, 0.15) is 12.6 Å². The number of imidazole rings is 1. The Balaban J connectivity index is 2.31. The first-order valence-electron chi connectivity index (χ1n) is 6.07.